The molecule has 0 N–H and O–H groups in total. The van der Waals surface area contributed by atoms with Crippen molar-refractivity contribution in [1.82, 2.24) is 4.90 Å². The summed E-state index contributed by atoms with van der Waals surface area (Å²) in [4.78, 5) is 38.3. The molecular weight excluding hydrogens is 350 g/mol. The van der Waals surface area contributed by atoms with E-state index < -0.39 is 23.6 Å². The fraction of sp³-hybridized carbons (Fsp3) is 0.350. The minimum Gasteiger partial charge on any atom is -0.465 e. The first-order valence-electron chi connectivity index (χ1n) is 8.35. The van der Waals surface area contributed by atoms with E-state index in [1.807, 2.05) is 6.07 Å². The molecule has 2 rings (SSSR count). The molecule has 1 aromatic carbocycles. The van der Waals surface area contributed by atoms with Gasteiger partial charge in [0.1, 0.15) is 11.3 Å². The molecule has 0 spiro atoms. The van der Waals surface area contributed by atoms with Crippen molar-refractivity contribution in [2.24, 2.45) is 0 Å². The summed E-state index contributed by atoms with van der Waals surface area (Å²) in [5.41, 5.74) is 0.602. The summed E-state index contributed by atoms with van der Waals surface area (Å²) in [6.45, 7) is 5.16. The zero-order valence-electron chi connectivity index (χ0n) is 16.1. The third-order valence-electron chi connectivity index (χ3n) is 3.71. The fourth-order valence-corrected chi connectivity index (χ4v) is 2.59. The number of carbonyl (C=O) groups excluding carboxylic acids is 3. The number of amides is 1. The van der Waals surface area contributed by atoms with E-state index in [1.54, 1.807) is 45.0 Å². The van der Waals surface area contributed by atoms with Gasteiger partial charge in [-0.1, -0.05) is 30.3 Å². The number of ether oxygens (including phenoxy) is 3. The van der Waals surface area contributed by atoms with Crippen molar-refractivity contribution >= 4 is 23.6 Å². The largest absolute Gasteiger partial charge is 0.465 e. The van der Waals surface area contributed by atoms with Crippen molar-refractivity contribution in [3.63, 3.8) is 0 Å². The maximum absolute atomic E-state index is 12.6. The molecule has 7 nitrogen and oxygen atoms in total. The Bertz CT molecular complexity index is 802. The van der Waals surface area contributed by atoms with Crippen LogP contribution in [0, 0.1) is 0 Å². The molecule has 144 valence electrons. The Balaban J connectivity index is 2.54. The lowest BCUT2D eigenvalue weighted by molar-refractivity contribution is -0.137. The van der Waals surface area contributed by atoms with Crippen LogP contribution in [0.5, 0.6) is 0 Å². The third-order valence-corrected chi connectivity index (χ3v) is 3.71. The number of methoxy groups -OCH3 is 2. The second-order valence-electron chi connectivity index (χ2n) is 6.85. The molecule has 0 bridgehead atoms. The summed E-state index contributed by atoms with van der Waals surface area (Å²) in [6, 6.07) is 8.89. The summed E-state index contributed by atoms with van der Waals surface area (Å²) < 4.78 is 15.0. The summed E-state index contributed by atoms with van der Waals surface area (Å²) in [5, 5.41) is 0. The molecule has 1 aliphatic rings. The van der Waals surface area contributed by atoms with Crippen molar-refractivity contribution in [2.45, 2.75) is 26.4 Å². The molecule has 0 fully saturated rings. The molecule has 1 amide bonds. The predicted octanol–water partition coefficient (Wildman–Crippen LogP) is 2.92. The molecular formula is C20H23NO6. The maximum Gasteiger partial charge on any atom is 0.415 e. The first kappa shape index (κ1) is 20.2. The molecule has 0 aliphatic carbocycles. The van der Waals surface area contributed by atoms with Gasteiger partial charge in [0.2, 0.25) is 0 Å². The van der Waals surface area contributed by atoms with Crippen LogP contribution in [0.25, 0.3) is 5.57 Å². The maximum atomic E-state index is 12.6. The van der Waals surface area contributed by atoms with Crippen LogP contribution in [-0.2, 0) is 23.8 Å². The molecule has 7 heteroatoms. The van der Waals surface area contributed by atoms with Gasteiger partial charge in [0.25, 0.3) is 0 Å². The molecule has 0 saturated carbocycles. The number of nitrogens with zero attached hydrogens (tertiary/aromatic N) is 1. The molecule has 27 heavy (non-hydrogen) atoms. The van der Waals surface area contributed by atoms with Crippen LogP contribution in [0.4, 0.5) is 4.79 Å². The molecule has 1 aromatic rings. The highest BCUT2D eigenvalue weighted by molar-refractivity contribution is 6.18. The normalized spacial score (nSPS) is 15.7. The van der Waals surface area contributed by atoms with Gasteiger partial charge in [0.05, 0.1) is 26.3 Å². The Morgan fingerprint density at radius 3 is 2.15 bits per heavy atom. The predicted molar refractivity (Wildman–Crippen MR) is 98.4 cm³/mol. The zero-order valence-corrected chi connectivity index (χ0v) is 16.1. The van der Waals surface area contributed by atoms with E-state index in [0.717, 1.165) is 4.90 Å². The Hall–Kier alpha value is -3.09. The van der Waals surface area contributed by atoms with Crippen LogP contribution in [0.2, 0.25) is 0 Å². The van der Waals surface area contributed by atoms with Gasteiger partial charge in [-0.3, -0.25) is 4.90 Å². The molecule has 0 atom stereocenters. The van der Waals surface area contributed by atoms with Crippen LogP contribution in [0.1, 0.15) is 26.3 Å². The smallest absolute Gasteiger partial charge is 0.415 e. The first-order valence-corrected chi connectivity index (χ1v) is 8.35. The Morgan fingerprint density at radius 1 is 1.00 bits per heavy atom. The number of rotatable bonds is 3. The van der Waals surface area contributed by atoms with Crippen LogP contribution in [0.15, 0.2) is 47.7 Å². The van der Waals surface area contributed by atoms with E-state index in [4.69, 9.17) is 14.2 Å². The minimum atomic E-state index is -0.741. The van der Waals surface area contributed by atoms with E-state index in [1.165, 1.54) is 20.3 Å². The molecule has 1 aliphatic heterocycles. The summed E-state index contributed by atoms with van der Waals surface area (Å²) in [6.07, 6.45) is 0.751. The number of hydrogen-bond donors (Lipinski definition) is 0. The Morgan fingerprint density at radius 2 is 1.63 bits per heavy atom. The highest BCUT2D eigenvalue weighted by atomic mass is 16.6. The van der Waals surface area contributed by atoms with E-state index in [2.05, 4.69) is 0 Å². The quantitative estimate of drug-likeness (QED) is 0.460. The SMILES string of the molecule is COC(=O)C1=C/C(=C(/C(=O)OC)c2ccccc2)CN1C(=O)OC(C)(C)C. The van der Waals surface area contributed by atoms with Crippen molar-refractivity contribution in [2.75, 3.05) is 20.8 Å². The van der Waals surface area contributed by atoms with Crippen LogP contribution < -0.4 is 0 Å². The number of carbonyl (C=O) groups is 3. The third kappa shape index (κ3) is 4.75. The lowest BCUT2D eigenvalue weighted by Crippen LogP contribution is -2.37. The van der Waals surface area contributed by atoms with Gasteiger partial charge in [-0.25, -0.2) is 14.4 Å². The molecule has 1 heterocycles. The average Bonchev–Trinajstić information content (AvgIpc) is 3.05. The van der Waals surface area contributed by atoms with E-state index in [0.29, 0.717) is 11.1 Å². The van der Waals surface area contributed by atoms with Gasteiger partial charge in [-0.05, 0) is 38.0 Å². The van der Waals surface area contributed by atoms with Gasteiger partial charge < -0.3 is 14.2 Å². The monoisotopic (exact) mass is 373 g/mol. The number of hydrogen-bond acceptors (Lipinski definition) is 6. The minimum absolute atomic E-state index is 0.000848. The van der Waals surface area contributed by atoms with E-state index in [-0.39, 0.29) is 17.8 Å². The number of benzene rings is 1. The van der Waals surface area contributed by atoms with Gasteiger partial charge in [0.15, 0.2) is 0 Å². The summed E-state index contributed by atoms with van der Waals surface area (Å²) >= 11 is 0. The molecule has 0 radical (unpaired) electrons. The summed E-state index contributed by atoms with van der Waals surface area (Å²) in [7, 11) is 2.49. The van der Waals surface area contributed by atoms with Crippen molar-refractivity contribution in [3.05, 3.63) is 53.2 Å². The Kier molecular flexibility index (Phi) is 6.05. The number of esters is 2. The lowest BCUT2D eigenvalue weighted by Gasteiger charge is -2.25. The first-order chi connectivity index (χ1) is 12.7. The Labute approximate surface area is 158 Å². The van der Waals surface area contributed by atoms with E-state index in [9.17, 15) is 14.4 Å². The topological polar surface area (TPSA) is 82.1 Å². The van der Waals surface area contributed by atoms with Crippen LogP contribution in [-0.4, -0.2) is 49.3 Å². The molecule has 0 aromatic heterocycles. The highest BCUT2D eigenvalue weighted by Crippen LogP contribution is 2.30. The fourth-order valence-electron chi connectivity index (χ4n) is 2.59. The van der Waals surface area contributed by atoms with Crippen LogP contribution in [0.3, 0.4) is 0 Å². The standard InChI is InChI=1S/C20H23NO6/c1-20(2,3)27-19(24)21-12-14(11-15(21)17(22)25-4)16(18(23)26-5)13-9-7-6-8-10-13/h6-11H,12H2,1-5H3/b16-14-. The van der Waals surface area contributed by atoms with Gasteiger partial charge >= 0.3 is 18.0 Å². The van der Waals surface area contributed by atoms with Gasteiger partial charge in [0, 0.05) is 0 Å². The van der Waals surface area contributed by atoms with Crippen LogP contribution >= 0.6 is 0 Å². The lowest BCUT2D eigenvalue weighted by atomic mass is 10.00. The van der Waals surface area contributed by atoms with Crippen molar-refractivity contribution in [1.29, 1.82) is 0 Å². The van der Waals surface area contributed by atoms with E-state index >= 15 is 0 Å². The average molecular weight is 373 g/mol. The van der Waals surface area contributed by atoms with Crippen molar-refractivity contribution in [3.8, 4) is 0 Å². The van der Waals surface area contributed by atoms with Gasteiger partial charge in [-0.15, -0.1) is 0 Å². The summed E-state index contributed by atoms with van der Waals surface area (Å²) in [5.74, 6) is -1.27. The second kappa shape index (κ2) is 8.07. The molecule has 0 saturated heterocycles. The highest BCUT2D eigenvalue weighted by Gasteiger charge is 2.35. The van der Waals surface area contributed by atoms with Gasteiger partial charge in [-0.2, -0.15) is 0 Å². The molecule has 0 unspecified atom stereocenters. The van der Waals surface area contributed by atoms with Crippen molar-refractivity contribution < 1.29 is 28.6 Å². The second-order valence-corrected chi connectivity index (χ2v) is 6.85. The zero-order chi connectivity index (χ0) is 20.2.